The third-order valence-corrected chi connectivity index (χ3v) is 2.93. The number of hydrogen-bond acceptors (Lipinski definition) is 4. The fraction of sp³-hybridized carbons (Fsp3) is 0.800. The molecule has 94 valence electrons. The fourth-order valence-electron chi connectivity index (χ4n) is 1.27. The van der Waals surface area contributed by atoms with Crippen molar-refractivity contribution in [3.8, 4) is 0 Å². The summed E-state index contributed by atoms with van der Waals surface area (Å²) in [6.07, 6.45) is 4.57. The molecule has 0 aromatic carbocycles. The molecule has 0 aliphatic carbocycles. The zero-order valence-electron chi connectivity index (χ0n) is 10.0. The lowest BCUT2D eigenvalue weighted by Gasteiger charge is -2.13. The third-order valence-electron chi connectivity index (χ3n) is 2.13. The van der Waals surface area contributed by atoms with Crippen molar-refractivity contribution in [3.05, 3.63) is 0 Å². The number of thioether (sulfide) groups is 1. The standard InChI is InChI=1S/C10H22N4OS/c1-3-4-5-6-8(2)13-9(15)7-16-10(11)14-12/h8H,3-7,12H2,1-2H3,(H2,11,14)(H,13,15). The van der Waals surface area contributed by atoms with Crippen LogP contribution in [0.1, 0.15) is 39.5 Å². The summed E-state index contributed by atoms with van der Waals surface area (Å²) in [7, 11) is 0. The summed E-state index contributed by atoms with van der Waals surface area (Å²) >= 11 is 1.15. The van der Waals surface area contributed by atoms with Gasteiger partial charge in [0.1, 0.15) is 0 Å². The van der Waals surface area contributed by atoms with Gasteiger partial charge in [-0.25, -0.2) is 0 Å². The normalized spacial score (nSPS) is 13.5. The Morgan fingerprint density at radius 3 is 2.75 bits per heavy atom. The zero-order chi connectivity index (χ0) is 12.4. The van der Waals surface area contributed by atoms with Crippen molar-refractivity contribution >= 4 is 22.8 Å². The number of nitrogens with zero attached hydrogens (tertiary/aromatic N) is 1. The molecule has 0 aliphatic rings. The van der Waals surface area contributed by atoms with Gasteiger partial charge in [-0.1, -0.05) is 37.9 Å². The second kappa shape index (κ2) is 9.33. The van der Waals surface area contributed by atoms with Crippen LogP contribution >= 0.6 is 11.8 Å². The first-order valence-electron chi connectivity index (χ1n) is 5.55. The molecule has 1 atom stereocenters. The van der Waals surface area contributed by atoms with Crippen molar-refractivity contribution in [1.29, 1.82) is 0 Å². The van der Waals surface area contributed by atoms with E-state index in [0.717, 1.165) is 24.6 Å². The molecule has 1 amide bonds. The Morgan fingerprint density at radius 1 is 1.50 bits per heavy atom. The molecular weight excluding hydrogens is 224 g/mol. The molecule has 0 heterocycles. The number of rotatable bonds is 7. The summed E-state index contributed by atoms with van der Waals surface area (Å²) in [5.74, 6) is 5.19. The molecule has 0 aromatic heterocycles. The van der Waals surface area contributed by atoms with Gasteiger partial charge in [0, 0.05) is 6.04 Å². The van der Waals surface area contributed by atoms with Gasteiger partial charge in [-0.15, -0.1) is 0 Å². The van der Waals surface area contributed by atoms with Crippen molar-refractivity contribution in [2.45, 2.75) is 45.6 Å². The minimum absolute atomic E-state index is 0.0272. The number of unbranched alkanes of at least 4 members (excludes halogenated alkanes) is 2. The Morgan fingerprint density at radius 2 is 2.19 bits per heavy atom. The summed E-state index contributed by atoms with van der Waals surface area (Å²) in [5, 5.41) is 6.42. The van der Waals surface area contributed by atoms with Gasteiger partial charge in [0.15, 0.2) is 5.17 Å². The topological polar surface area (TPSA) is 93.5 Å². The SMILES string of the molecule is CCCCCC(C)NC(=O)CSC(N)=NN. The van der Waals surface area contributed by atoms with Gasteiger partial charge in [-0.3, -0.25) is 4.79 Å². The molecule has 0 aromatic rings. The molecule has 0 bridgehead atoms. The lowest BCUT2D eigenvalue weighted by Crippen LogP contribution is -2.34. The summed E-state index contributed by atoms with van der Waals surface area (Å²) in [6.45, 7) is 4.17. The molecule has 0 rings (SSSR count). The predicted octanol–water partition coefficient (Wildman–Crippen LogP) is 0.993. The lowest BCUT2D eigenvalue weighted by molar-refractivity contribution is -0.119. The molecule has 0 spiro atoms. The largest absolute Gasteiger partial charge is 0.377 e. The quantitative estimate of drug-likeness (QED) is 0.205. The summed E-state index contributed by atoms with van der Waals surface area (Å²) in [5.41, 5.74) is 5.36. The Balaban J connectivity index is 3.62. The molecular formula is C10H22N4OS. The number of carbonyl (C=O) groups excluding carboxylic acids is 1. The highest BCUT2D eigenvalue weighted by molar-refractivity contribution is 8.14. The molecule has 0 fully saturated rings. The van der Waals surface area contributed by atoms with Gasteiger partial charge in [0.05, 0.1) is 5.75 Å². The Labute approximate surface area is 101 Å². The number of carbonyl (C=O) groups is 1. The van der Waals surface area contributed by atoms with Gasteiger partial charge < -0.3 is 16.9 Å². The summed E-state index contributed by atoms with van der Waals surface area (Å²) in [6, 6.07) is 0.218. The molecule has 0 aliphatic heterocycles. The second-order valence-electron chi connectivity index (χ2n) is 3.72. The number of amidine groups is 1. The van der Waals surface area contributed by atoms with E-state index in [0.29, 0.717) is 0 Å². The van der Waals surface area contributed by atoms with Gasteiger partial charge >= 0.3 is 0 Å². The highest BCUT2D eigenvalue weighted by Crippen LogP contribution is 2.04. The van der Waals surface area contributed by atoms with E-state index in [2.05, 4.69) is 17.3 Å². The van der Waals surface area contributed by atoms with Gasteiger partial charge in [0.25, 0.3) is 0 Å². The van der Waals surface area contributed by atoms with Crippen molar-refractivity contribution in [2.24, 2.45) is 16.7 Å². The predicted molar refractivity (Wildman–Crippen MR) is 70.0 cm³/mol. The molecule has 0 saturated carbocycles. The van der Waals surface area contributed by atoms with Gasteiger partial charge in [0.2, 0.25) is 5.91 Å². The van der Waals surface area contributed by atoms with Gasteiger partial charge in [-0.05, 0) is 13.3 Å². The van der Waals surface area contributed by atoms with Crippen LogP contribution in [0, 0.1) is 0 Å². The zero-order valence-corrected chi connectivity index (χ0v) is 10.8. The first-order chi connectivity index (χ1) is 7.60. The number of nitrogens with one attached hydrogen (secondary N) is 1. The fourth-order valence-corrected chi connectivity index (χ4v) is 1.70. The Hall–Kier alpha value is -0.910. The smallest absolute Gasteiger partial charge is 0.230 e. The summed E-state index contributed by atoms with van der Waals surface area (Å²) in [4.78, 5) is 11.4. The Bertz CT molecular complexity index is 233. The average Bonchev–Trinajstić information content (AvgIpc) is 2.26. The monoisotopic (exact) mass is 246 g/mol. The first-order valence-corrected chi connectivity index (χ1v) is 6.54. The van der Waals surface area contributed by atoms with Crippen LogP contribution in [0.25, 0.3) is 0 Å². The van der Waals surface area contributed by atoms with E-state index in [-0.39, 0.29) is 22.9 Å². The Kier molecular flexibility index (Phi) is 8.80. The molecule has 5 N–H and O–H groups in total. The maximum Gasteiger partial charge on any atom is 0.230 e. The van der Waals surface area contributed by atoms with Crippen LogP contribution in [0.2, 0.25) is 0 Å². The van der Waals surface area contributed by atoms with E-state index in [1.165, 1.54) is 12.8 Å². The van der Waals surface area contributed by atoms with Crippen molar-refractivity contribution < 1.29 is 4.79 Å². The van der Waals surface area contributed by atoms with E-state index in [9.17, 15) is 4.79 Å². The van der Waals surface area contributed by atoms with Crippen LogP contribution in [0.15, 0.2) is 5.10 Å². The maximum atomic E-state index is 11.4. The number of hydrogen-bond donors (Lipinski definition) is 3. The van der Waals surface area contributed by atoms with E-state index in [1.54, 1.807) is 0 Å². The molecule has 16 heavy (non-hydrogen) atoms. The highest BCUT2D eigenvalue weighted by Gasteiger charge is 2.07. The molecule has 0 radical (unpaired) electrons. The first kappa shape index (κ1) is 15.1. The minimum atomic E-state index is -0.0272. The minimum Gasteiger partial charge on any atom is -0.377 e. The van der Waals surface area contributed by atoms with Crippen molar-refractivity contribution in [1.82, 2.24) is 5.32 Å². The van der Waals surface area contributed by atoms with Crippen LogP contribution in [-0.2, 0) is 4.79 Å². The van der Waals surface area contributed by atoms with Crippen LogP contribution in [-0.4, -0.2) is 22.9 Å². The summed E-state index contributed by atoms with van der Waals surface area (Å²) < 4.78 is 0. The number of amides is 1. The lowest BCUT2D eigenvalue weighted by atomic mass is 10.1. The molecule has 6 heteroatoms. The molecule has 5 nitrogen and oxygen atoms in total. The third kappa shape index (κ3) is 8.40. The average molecular weight is 246 g/mol. The highest BCUT2D eigenvalue weighted by atomic mass is 32.2. The van der Waals surface area contributed by atoms with E-state index in [4.69, 9.17) is 11.6 Å². The number of nitrogens with two attached hydrogens (primary N) is 2. The van der Waals surface area contributed by atoms with Crippen LogP contribution in [0.5, 0.6) is 0 Å². The van der Waals surface area contributed by atoms with Crippen LogP contribution < -0.4 is 16.9 Å². The van der Waals surface area contributed by atoms with E-state index < -0.39 is 0 Å². The van der Waals surface area contributed by atoms with Crippen molar-refractivity contribution in [3.63, 3.8) is 0 Å². The molecule has 0 saturated heterocycles. The maximum absolute atomic E-state index is 11.4. The van der Waals surface area contributed by atoms with E-state index >= 15 is 0 Å². The van der Waals surface area contributed by atoms with Crippen LogP contribution in [0.3, 0.4) is 0 Å². The van der Waals surface area contributed by atoms with E-state index in [1.807, 2.05) is 6.92 Å². The molecule has 1 unspecified atom stereocenters. The second-order valence-corrected chi connectivity index (χ2v) is 4.72. The van der Waals surface area contributed by atoms with Crippen molar-refractivity contribution in [2.75, 3.05) is 5.75 Å². The van der Waals surface area contributed by atoms with Crippen LogP contribution in [0.4, 0.5) is 0 Å². The number of hydrazone groups is 1. The van der Waals surface area contributed by atoms with Gasteiger partial charge in [-0.2, -0.15) is 5.10 Å².